The average Bonchev–Trinajstić information content (AvgIpc) is 3.26. The first-order valence-corrected chi connectivity index (χ1v) is 9.08. The van der Waals surface area contributed by atoms with Crippen LogP contribution in [0.1, 0.15) is 12.5 Å². The molecule has 3 rings (SSSR count). The zero-order chi connectivity index (χ0) is 21.0. The zero-order valence-electron chi connectivity index (χ0n) is 15.8. The largest absolute Gasteiger partial charge is 0.444 e. The molecular formula is C17H21N5O7. The number of ether oxygens (including phenoxy) is 2. The van der Waals surface area contributed by atoms with Gasteiger partial charge in [0.25, 0.3) is 11.6 Å². The van der Waals surface area contributed by atoms with Gasteiger partial charge >= 0.3 is 6.09 Å². The molecule has 2 fully saturated rings. The summed E-state index contributed by atoms with van der Waals surface area (Å²) in [7, 11) is 0. The van der Waals surface area contributed by atoms with Gasteiger partial charge in [-0.25, -0.2) is 19.8 Å². The third-order valence-corrected chi connectivity index (χ3v) is 4.99. The molecule has 0 radical (unpaired) electrons. The Kier molecular flexibility index (Phi) is 6.22. The Morgan fingerprint density at radius 1 is 1.24 bits per heavy atom. The van der Waals surface area contributed by atoms with Gasteiger partial charge in [-0.05, 0) is 23.6 Å². The summed E-state index contributed by atoms with van der Waals surface area (Å²) in [4.78, 5) is 36.4. The van der Waals surface area contributed by atoms with Crippen molar-refractivity contribution in [1.82, 2.24) is 9.80 Å². The summed E-state index contributed by atoms with van der Waals surface area (Å²) in [6.45, 7) is 4.26. The summed E-state index contributed by atoms with van der Waals surface area (Å²) < 4.78 is 10.7. The number of carbonyl (C=O) groups is 1. The van der Waals surface area contributed by atoms with E-state index in [1.54, 1.807) is 4.90 Å². The molecule has 29 heavy (non-hydrogen) atoms. The standard InChI is InChI=1S/C17H21N5O7/c1-12-9-28-11-14(12)8-19-6-7-20(16(19)18-22(26)27)17(23)29-10-13-2-4-15(5-3-13)21(24)25/h2-5,12,14H,6-11H2,1H3. The third kappa shape index (κ3) is 4.96. The molecule has 1 aromatic rings. The van der Waals surface area contributed by atoms with Crippen molar-refractivity contribution in [3.8, 4) is 0 Å². The molecule has 2 atom stereocenters. The monoisotopic (exact) mass is 407 g/mol. The quantitative estimate of drug-likeness (QED) is 0.512. The highest BCUT2D eigenvalue weighted by Crippen LogP contribution is 2.23. The van der Waals surface area contributed by atoms with E-state index in [2.05, 4.69) is 5.10 Å². The molecule has 0 N–H and O–H groups in total. The van der Waals surface area contributed by atoms with E-state index in [9.17, 15) is 25.0 Å². The Labute approximate surface area is 166 Å². The second kappa shape index (κ2) is 8.82. The van der Waals surface area contributed by atoms with Crippen LogP contribution < -0.4 is 0 Å². The minimum Gasteiger partial charge on any atom is -0.444 e. The van der Waals surface area contributed by atoms with Crippen molar-refractivity contribution in [3.05, 3.63) is 50.1 Å². The minimum atomic E-state index is -0.834. The molecule has 156 valence electrons. The maximum Gasteiger partial charge on any atom is 0.417 e. The van der Waals surface area contributed by atoms with Crippen molar-refractivity contribution in [2.45, 2.75) is 13.5 Å². The van der Waals surface area contributed by atoms with Gasteiger partial charge in [-0.2, -0.15) is 0 Å². The highest BCUT2D eigenvalue weighted by atomic mass is 16.7. The second-order valence-electron chi connectivity index (χ2n) is 6.99. The zero-order valence-corrected chi connectivity index (χ0v) is 15.8. The van der Waals surface area contributed by atoms with Gasteiger partial charge in [0.05, 0.1) is 18.1 Å². The SMILES string of the molecule is CC1COCC1CN1CCN(C(=O)OCc2ccc([N+](=O)[O-])cc2)C1=N[N+](=O)[O-]. The Bertz CT molecular complexity index is 813. The third-order valence-electron chi connectivity index (χ3n) is 4.99. The maximum atomic E-state index is 12.5. The highest BCUT2D eigenvalue weighted by Gasteiger charge is 2.38. The fourth-order valence-corrected chi connectivity index (χ4v) is 3.29. The molecule has 1 aromatic carbocycles. The molecule has 0 aromatic heterocycles. The number of amides is 1. The Morgan fingerprint density at radius 2 is 1.97 bits per heavy atom. The van der Waals surface area contributed by atoms with E-state index in [0.717, 1.165) is 4.90 Å². The lowest BCUT2D eigenvalue weighted by molar-refractivity contribution is -0.486. The molecule has 2 saturated heterocycles. The topological polar surface area (TPSA) is 141 Å². The normalized spacial score (nSPS) is 22.9. The Hall–Kier alpha value is -3.28. The van der Waals surface area contributed by atoms with E-state index in [0.29, 0.717) is 37.8 Å². The van der Waals surface area contributed by atoms with Gasteiger partial charge in [0, 0.05) is 37.7 Å². The molecule has 12 heteroatoms. The number of rotatable bonds is 6. The summed E-state index contributed by atoms with van der Waals surface area (Å²) in [5.74, 6) is 0.459. The number of non-ortho nitro benzene ring substituents is 1. The lowest BCUT2D eigenvalue weighted by atomic mass is 9.98. The molecule has 0 aliphatic carbocycles. The van der Waals surface area contributed by atoms with E-state index < -0.39 is 16.0 Å². The van der Waals surface area contributed by atoms with E-state index in [-0.39, 0.29) is 30.7 Å². The maximum absolute atomic E-state index is 12.5. The molecule has 2 unspecified atom stereocenters. The summed E-state index contributed by atoms with van der Waals surface area (Å²) in [6, 6.07) is 5.58. The van der Waals surface area contributed by atoms with E-state index in [4.69, 9.17) is 9.47 Å². The van der Waals surface area contributed by atoms with Gasteiger partial charge < -0.3 is 14.4 Å². The van der Waals surface area contributed by atoms with Crippen LogP contribution in [0.3, 0.4) is 0 Å². The molecule has 0 bridgehead atoms. The summed E-state index contributed by atoms with van der Waals surface area (Å²) in [5, 5.41) is 24.2. The number of hydrazone groups is 1. The fourth-order valence-electron chi connectivity index (χ4n) is 3.29. The van der Waals surface area contributed by atoms with E-state index in [1.165, 1.54) is 24.3 Å². The first-order valence-electron chi connectivity index (χ1n) is 9.08. The number of benzene rings is 1. The van der Waals surface area contributed by atoms with Crippen LogP contribution in [0, 0.1) is 32.1 Å². The average molecular weight is 407 g/mol. The predicted molar refractivity (Wildman–Crippen MR) is 99.5 cm³/mol. The molecule has 1 amide bonds. The van der Waals surface area contributed by atoms with Gasteiger partial charge in [-0.15, -0.1) is 0 Å². The summed E-state index contributed by atoms with van der Waals surface area (Å²) >= 11 is 0. The number of nitro groups is 2. The minimum absolute atomic E-state index is 0.0530. The number of hydrogen-bond donors (Lipinski definition) is 0. The van der Waals surface area contributed by atoms with Gasteiger partial charge in [0.2, 0.25) is 0 Å². The van der Waals surface area contributed by atoms with Crippen molar-refractivity contribution >= 4 is 17.7 Å². The Morgan fingerprint density at radius 3 is 2.55 bits per heavy atom. The molecule has 12 nitrogen and oxygen atoms in total. The second-order valence-corrected chi connectivity index (χ2v) is 6.99. The lowest BCUT2D eigenvalue weighted by Gasteiger charge is -2.23. The van der Waals surface area contributed by atoms with Crippen molar-refractivity contribution < 1.29 is 24.2 Å². The van der Waals surface area contributed by atoms with Gasteiger partial charge in [0.15, 0.2) is 5.03 Å². The molecule has 2 heterocycles. The highest BCUT2D eigenvalue weighted by molar-refractivity contribution is 5.95. The molecular weight excluding hydrogens is 386 g/mol. The molecule has 2 aliphatic heterocycles. The van der Waals surface area contributed by atoms with E-state index >= 15 is 0 Å². The van der Waals surface area contributed by atoms with Crippen molar-refractivity contribution in [2.75, 3.05) is 32.8 Å². The van der Waals surface area contributed by atoms with Crippen LogP contribution in [0.25, 0.3) is 0 Å². The van der Waals surface area contributed by atoms with Gasteiger partial charge in [-0.1, -0.05) is 6.92 Å². The first kappa shape index (κ1) is 20.5. The molecule has 2 aliphatic rings. The van der Waals surface area contributed by atoms with Crippen molar-refractivity contribution in [3.63, 3.8) is 0 Å². The van der Waals surface area contributed by atoms with Gasteiger partial charge in [0.1, 0.15) is 11.7 Å². The lowest BCUT2D eigenvalue weighted by Crippen LogP contribution is -2.41. The number of hydrogen-bond acceptors (Lipinski definition) is 7. The van der Waals surface area contributed by atoms with Crippen LogP contribution in [0.15, 0.2) is 29.4 Å². The number of guanidine groups is 1. The number of nitro benzene ring substituents is 1. The van der Waals surface area contributed by atoms with Crippen molar-refractivity contribution in [1.29, 1.82) is 0 Å². The van der Waals surface area contributed by atoms with Crippen molar-refractivity contribution in [2.24, 2.45) is 16.9 Å². The van der Waals surface area contributed by atoms with Crippen LogP contribution in [-0.4, -0.2) is 64.7 Å². The number of carbonyl (C=O) groups excluding carboxylic acids is 1. The van der Waals surface area contributed by atoms with Crippen LogP contribution in [0.2, 0.25) is 0 Å². The predicted octanol–water partition coefficient (Wildman–Crippen LogP) is 1.68. The van der Waals surface area contributed by atoms with Crippen LogP contribution in [0.5, 0.6) is 0 Å². The number of nitrogens with zero attached hydrogens (tertiary/aromatic N) is 5. The van der Waals surface area contributed by atoms with E-state index in [1.807, 2.05) is 6.92 Å². The molecule has 0 spiro atoms. The summed E-state index contributed by atoms with van der Waals surface area (Å²) in [5.41, 5.74) is 0.491. The van der Waals surface area contributed by atoms with Gasteiger partial charge in [-0.3, -0.25) is 10.1 Å². The molecule has 0 saturated carbocycles. The smallest absolute Gasteiger partial charge is 0.417 e. The summed E-state index contributed by atoms with van der Waals surface area (Å²) in [6.07, 6.45) is -0.762. The Balaban J connectivity index is 1.63. The van der Waals surface area contributed by atoms with Crippen LogP contribution in [-0.2, 0) is 16.1 Å². The van der Waals surface area contributed by atoms with Crippen LogP contribution in [0.4, 0.5) is 10.5 Å². The fraction of sp³-hybridized carbons (Fsp3) is 0.529. The first-order chi connectivity index (χ1) is 13.8. The van der Waals surface area contributed by atoms with Crippen LogP contribution >= 0.6 is 0 Å².